The molecule has 1 aliphatic rings. The lowest BCUT2D eigenvalue weighted by Crippen LogP contribution is -2.45. The van der Waals surface area contributed by atoms with E-state index < -0.39 is 38.4 Å². The van der Waals surface area contributed by atoms with Crippen LogP contribution in [0.25, 0.3) is 0 Å². The van der Waals surface area contributed by atoms with Gasteiger partial charge in [-0.25, -0.2) is 26.3 Å². The summed E-state index contributed by atoms with van der Waals surface area (Å²) in [5.74, 6) is -4.67. The van der Waals surface area contributed by atoms with Crippen LogP contribution < -0.4 is 10.5 Å². The molecule has 0 bridgehead atoms. The summed E-state index contributed by atoms with van der Waals surface area (Å²) < 4.78 is 66.2. The van der Waals surface area contributed by atoms with Crippen LogP contribution in [0.2, 0.25) is 0 Å². The van der Waals surface area contributed by atoms with E-state index in [0.29, 0.717) is 12.1 Å². The van der Waals surface area contributed by atoms with Crippen LogP contribution in [-0.2, 0) is 10.0 Å². The largest absolute Gasteiger partial charge is 0.329 e. The van der Waals surface area contributed by atoms with Crippen molar-refractivity contribution in [1.29, 1.82) is 0 Å². The minimum atomic E-state index is -4.16. The Bertz CT molecular complexity index is 614. The summed E-state index contributed by atoms with van der Waals surface area (Å²) in [5, 5.41) is 0. The molecule has 1 saturated carbocycles. The Balaban J connectivity index is 0.00000264. The third-order valence-corrected chi connectivity index (χ3v) is 5.52. The van der Waals surface area contributed by atoms with Gasteiger partial charge >= 0.3 is 0 Å². The predicted octanol–water partition coefficient (Wildman–Crippen LogP) is 2.71. The van der Waals surface area contributed by atoms with Gasteiger partial charge in [-0.2, -0.15) is 0 Å². The van der Waals surface area contributed by atoms with Gasteiger partial charge in [0, 0.05) is 12.6 Å². The van der Waals surface area contributed by atoms with Gasteiger partial charge in [-0.3, -0.25) is 0 Å². The van der Waals surface area contributed by atoms with Crippen molar-refractivity contribution in [2.24, 2.45) is 11.7 Å². The first kappa shape index (κ1) is 20.2. The molecule has 0 aromatic heterocycles. The van der Waals surface area contributed by atoms with E-state index in [1.807, 2.05) is 0 Å². The standard InChI is InChI=1S/C14H19F3N2O2S.ClH/c15-11-6-10(7-12(16)14(11)17)22(20,21)19-13(8-18)9-4-2-1-3-5-9;/h6-7,9,13,19H,1-5,8,18H2;1H. The highest BCUT2D eigenvalue weighted by atomic mass is 35.5. The maximum atomic E-state index is 13.2. The molecule has 132 valence electrons. The SMILES string of the molecule is Cl.NCC(NS(=O)(=O)c1cc(F)c(F)c(F)c1)C1CCCCC1. The van der Waals surface area contributed by atoms with Crippen molar-refractivity contribution in [1.82, 2.24) is 4.72 Å². The normalized spacial score (nSPS) is 17.6. The predicted molar refractivity (Wildman–Crippen MR) is 83.3 cm³/mol. The molecule has 2 rings (SSSR count). The van der Waals surface area contributed by atoms with Crippen molar-refractivity contribution in [2.75, 3.05) is 6.54 Å². The number of nitrogens with one attached hydrogen (secondary N) is 1. The Hall–Kier alpha value is -0.830. The summed E-state index contributed by atoms with van der Waals surface area (Å²) in [6.07, 6.45) is 4.83. The minimum Gasteiger partial charge on any atom is -0.329 e. The fourth-order valence-electron chi connectivity index (χ4n) is 2.83. The van der Waals surface area contributed by atoms with Gasteiger partial charge in [0.05, 0.1) is 4.90 Å². The maximum Gasteiger partial charge on any atom is 0.241 e. The molecule has 0 spiro atoms. The highest BCUT2D eigenvalue weighted by Crippen LogP contribution is 2.27. The van der Waals surface area contributed by atoms with E-state index >= 15 is 0 Å². The Morgan fingerprint density at radius 3 is 2.13 bits per heavy atom. The summed E-state index contributed by atoms with van der Waals surface area (Å²) in [6.45, 7) is 0.0933. The van der Waals surface area contributed by atoms with Crippen molar-refractivity contribution in [3.63, 3.8) is 0 Å². The summed E-state index contributed by atoms with van der Waals surface area (Å²) >= 11 is 0. The molecule has 1 aromatic carbocycles. The van der Waals surface area contributed by atoms with Crippen molar-refractivity contribution >= 4 is 22.4 Å². The molecule has 0 amide bonds. The molecule has 1 unspecified atom stereocenters. The topological polar surface area (TPSA) is 72.2 Å². The van der Waals surface area contributed by atoms with Crippen molar-refractivity contribution < 1.29 is 21.6 Å². The second kappa shape index (κ2) is 8.32. The molecule has 1 fully saturated rings. The molecule has 1 atom stereocenters. The smallest absolute Gasteiger partial charge is 0.241 e. The number of hydrogen-bond acceptors (Lipinski definition) is 3. The third-order valence-electron chi connectivity index (χ3n) is 4.05. The molecule has 1 aromatic rings. The van der Waals surface area contributed by atoms with E-state index in [0.717, 1.165) is 32.1 Å². The molecule has 0 saturated heterocycles. The third kappa shape index (κ3) is 4.82. The first-order valence-electron chi connectivity index (χ1n) is 7.22. The fourth-order valence-corrected chi connectivity index (χ4v) is 4.17. The summed E-state index contributed by atoms with van der Waals surface area (Å²) in [5.41, 5.74) is 5.64. The van der Waals surface area contributed by atoms with E-state index in [9.17, 15) is 21.6 Å². The van der Waals surface area contributed by atoms with E-state index in [1.54, 1.807) is 0 Å². The molecule has 1 aliphatic carbocycles. The van der Waals surface area contributed by atoms with Crippen LogP contribution in [0.15, 0.2) is 17.0 Å². The van der Waals surface area contributed by atoms with Crippen molar-refractivity contribution in [3.8, 4) is 0 Å². The van der Waals surface area contributed by atoms with E-state index in [2.05, 4.69) is 4.72 Å². The Morgan fingerprint density at radius 2 is 1.65 bits per heavy atom. The molecular formula is C14H20ClF3N2O2S. The van der Waals surface area contributed by atoms with Gasteiger partial charge < -0.3 is 5.73 Å². The number of benzene rings is 1. The summed E-state index contributed by atoms with van der Waals surface area (Å²) in [4.78, 5) is -0.641. The molecule has 0 aliphatic heterocycles. The molecule has 3 N–H and O–H groups in total. The van der Waals surface area contributed by atoms with Gasteiger partial charge in [-0.15, -0.1) is 12.4 Å². The molecule has 9 heteroatoms. The lowest BCUT2D eigenvalue weighted by molar-refractivity contribution is 0.294. The first-order chi connectivity index (χ1) is 10.3. The zero-order valence-corrected chi connectivity index (χ0v) is 14.0. The first-order valence-corrected chi connectivity index (χ1v) is 8.70. The van der Waals surface area contributed by atoms with Gasteiger partial charge in [0.15, 0.2) is 17.5 Å². The van der Waals surface area contributed by atoms with Gasteiger partial charge in [0.2, 0.25) is 10.0 Å². The van der Waals surface area contributed by atoms with Crippen LogP contribution in [0.5, 0.6) is 0 Å². The number of hydrogen-bond donors (Lipinski definition) is 2. The maximum absolute atomic E-state index is 13.2. The lowest BCUT2D eigenvalue weighted by atomic mass is 9.84. The number of halogens is 4. The van der Waals surface area contributed by atoms with E-state index in [4.69, 9.17) is 5.73 Å². The number of rotatable bonds is 5. The van der Waals surface area contributed by atoms with Crippen LogP contribution in [-0.4, -0.2) is 21.0 Å². The second-order valence-electron chi connectivity index (χ2n) is 5.56. The highest BCUT2D eigenvalue weighted by molar-refractivity contribution is 7.89. The molecule has 4 nitrogen and oxygen atoms in total. The monoisotopic (exact) mass is 372 g/mol. The van der Waals surface area contributed by atoms with Crippen molar-refractivity contribution in [3.05, 3.63) is 29.6 Å². The van der Waals surface area contributed by atoms with Crippen LogP contribution >= 0.6 is 12.4 Å². The Labute approximate surface area is 140 Å². The molecular weight excluding hydrogens is 353 g/mol. The van der Waals surface area contributed by atoms with Gasteiger partial charge in [0.1, 0.15) is 0 Å². The average molecular weight is 373 g/mol. The Morgan fingerprint density at radius 1 is 1.13 bits per heavy atom. The molecule has 0 radical (unpaired) electrons. The number of nitrogens with two attached hydrogens (primary N) is 1. The van der Waals surface area contributed by atoms with Crippen molar-refractivity contribution in [2.45, 2.75) is 43.0 Å². The zero-order valence-electron chi connectivity index (χ0n) is 12.4. The summed E-state index contributed by atoms with van der Waals surface area (Å²) in [7, 11) is -4.16. The quantitative estimate of drug-likeness (QED) is 0.780. The van der Waals surface area contributed by atoms with Gasteiger partial charge in [-0.1, -0.05) is 19.3 Å². The van der Waals surface area contributed by atoms with Crippen LogP contribution in [0.3, 0.4) is 0 Å². The lowest BCUT2D eigenvalue weighted by Gasteiger charge is -2.29. The van der Waals surface area contributed by atoms with Crippen LogP contribution in [0.1, 0.15) is 32.1 Å². The number of sulfonamides is 1. The van der Waals surface area contributed by atoms with Crippen LogP contribution in [0, 0.1) is 23.4 Å². The molecule has 0 heterocycles. The van der Waals surface area contributed by atoms with Gasteiger partial charge in [-0.05, 0) is 30.9 Å². The molecule has 23 heavy (non-hydrogen) atoms. The fraction of sp³-hybridized carbons (Fsp3) is 0.571. The van der Waals surface area contributed by atoms with Gasteiger partial charge in [0.25, 0.3) is 0 Å². The Kier molecular flexibility index (Phi) is 7.31. The van der Waals surface area contributed by atoms with E-state index in [1.165, 1.54) is 0 Å². The van der Waals surface area contributed by atoms with E-state index in [-0.39, 0.29) is 24.9 Å². The van der Waals surface area contributed by atoms with Crippen LogP contribution in [0.4, 0.5) is 13.2 Å². The zero-order chi connectivity index (χ0) is 16.3. The average Bonchev–Trinajstić information content (AvgIpc) is 2.50. The second-order valence-corrected chi connectivity index (χ2v) is 7.28. The minimum absolute atomic E-state index is 0. The highest BCUT2D eigenvalue weighted by Gasteiger charge is 2.28. The summed E-state index contributed by atoms with van der Waals surface area (Å²) in [6, 6.07) is 0.436.